The quantitative estimate of drug-likeness (QED) is 0.416. The Morgan fingerprint density at radius 2 is 1.53 bits per heavy atom. The van der Waals surface area contributed by atoms with E-state index in [-0.39, 0.29) is 11.6 Å². The predicted octanol–water partition coefficient (Wildman–Crippen LogP) is 4.78. The summed E-state index contributed by atoms with van der Waals surface area (Å²) in [6.45, 7) is 5.50. The van der Waals surface area contributed by atoms with Crippen LogP contribution >= 0.6 is 0 Å². The van der Waals surface area contributed by atoms with E-state index in [0.717, 1.165) is 12.8 Å². The molecule has 0 amide bonds. The maximum absolute atomic E-state index is 12.0. The minimum atomic E-state index is -0.174. The van der Waals surface area contributed by atoms with Gasteiger partial charge in [-0.1, -0.05) is 38.7 Å². The number of esters is 1. The molecule has 0 atom stereocenters. The first-order chi connectivity index (χ1) is 9.14. The van der Waals surface area contributed by atoms with Crippen LogP contribution in [-0.2, 0) is 9.53 Å². The Kier molecular flexibility index (Phi) is 5.06. The highest BCUT2D eigenvalue weighted by Crippen LogP contribution is 2.43. The van der Waals surface area contributed by atoms with Crippen LogP contribution in [0, 0.1) is 5.92 Å². The Hall–Kier alpha value is -0.790. The summed E-state index contributed by atoms with van der Waals surface area (Å²) in [6, 6.07) is 0. The van der Waals surface area contributed by atoms with Gasteiger partial charge in [0.05, 0.1) is 0 Å². The fourth-order valence-electron chi connectivity index (χ4n) is 3.82. The molecular weight excluding hydrogens is 236 g/mol. The summed E-state index contributed by atoms with van der Waals surface area (Å²) in [7, 11) is 0. The highest BCUT2D eigenvalue weighted by atomic mass is 16.6. The Morgan fingerprint density at radius 1 is 1.00 bits per heavy atom. The van der Waals surface area contributed by atoms with E-state index in [1.54, 1.807) is 6.92 Å². The molecule has 0 aromatic rings. The van der Waals surface area contributed by atoms with Crippen molar-refractivity contribution in [2.75, 3.05) is 0 Å². The molecule has 0 saturated heterocycles. The second kappa shape index (κ2) is 6.58. The molecule has 0 aromatic heterocycles. The fourth-order valence-corrected chi connectivity index (χ4v) is 3.82. The number of rotatable bonds is 3. The highest BCUT2D eigenvalue weighted by Gasteiger charge is 2.42. The number of hydrogen-bond donors (Lipinski definition) is 0. The Morgan fingerprint density at radius 3 is 2.05 bits per heavy atom. The molecule has 2 aliphatic rings. The lowest BCUT2D eigenvalue weighted by Crippen LogP contribution is -2.43. The molecule has 0 aliphatic heterocycles. The minimum absolute atomic E-state index is 0.174. The molecule has 2 fully saturated rings. The maximum Gasteiger partial charge on any atom is 0.333 e. The summed E-state index contributed by atoms with van der Waals surface area (Å²) in [5, 5.41) is 0. The van der Waals surface area contributed by atoms with Gasteiger partial charge in [-0.05, 0) is 51.4 Å². The van der Waals surface area contributed by atoms with E-state index < -0.39 is 0 Å². The third-order valence-corrected chi connectivity index (χ3v) is 4.94. The van der Waals surface area contributed by atoms with Gasteiger partial charge >= 0.3 is 5.97 Å². The van der Waals surface area contributed by atoms with Gasteiger partial charge in [0.15, 0.2) is 0 Å². The van der Waals surface area contributed by atoms with Crippen LogP contribution in [-0.4, -0.2) is 11.6 Å². The molecule has 2 aliphatic carbocycles. The molecule has 0 aromatic carbocycles. The lowest BCUT2D eigenvalue weighted by molar-refractivity contribution is -0.165. The molecule has 2 heteroatoms. The lowest BCUT2D eigenvalue weighted by atomic mass is 9.73. The summed E-state index contributed by atoms with van der Waals surface area (Å²) in [5.41, 5.74) is 0.367. The van der Waals surface area contributed by atoms with E-state index in [0.29, 0.717) is 11.5 Å². The Labute approximate surface area is 117 Å². The van der Waals surface area contributed by atoms with Crippen molar-refractivity contribution in [3.8, 4) is 0 Å². The average molecular weight is 264 g/mol. The minimum Gasteiger partial charge on any atom is -0.455 e. The zero-order valence-corrected chi connectivity index (χ0v) is 12.4. The number of carbonyl (C=O) groups excluding carboxylic acids is 1. The van der Waals surface area contributed by atoms with Crippen LogP contribution in [0.1, 0.15) is 77.6 Å². The van der Waals surface area contributed by atoms with Gasteiger partial charge in [-0.2, -0.15) is 0 Å². The monoisotopic (exact) mass is 264 g/mol. The zero-order valence-electron chi connectivity index (χ0n) is 12.4. The standard InChI is InChI=1S/C17H28O2/c1-14(2)16(18)19-17(12-8-3-4-9-13-17)15-10-6-5-7-11-15/h15H,1,3-13H2,2H3. The summed E-state index contributed by atoms with van der Waals surface area (Å²) in [5.74, 6) is 0.412. The van der Waals surface area contributed by atoms with E-state index in [1.165, 1.54) is 57.8 Å². The molecule has 0 bridgehead atoms. The van der Waals surface area contributed by atoms with E-state index in [2.05, 4.69) is 6.58 Å². The van der Waals surface area contributed by atoms with Crippen molar-refractivity contribution in [2.45, 2.75) is 83.2 Å². The average Bonchev–Trinajstić information content (AvgIpc) is 2.66. The highest BCUT2D eigenvalue weighted by molar-refractivity contribution is 5.87. The number of ether oxygens (including phenoxy) is 1. The molecule has 2 nitrogen and oxygen atoms in total. The van der Waals surface area contributed by atoms with Gasteiger partial charge in [0.2, 0.25) is 0 Å². The van der Waals surface area contributed by atoms with Crippen molar-refractivity contribution in [2.24, 2.45) is 5.92 Å². The first-order valence-electron chi connectivity index (χ1n) is 8.03. The van der Waals surface area contributed by atoms with Crippen LogP contribution in [0.2, 0.25) is 0 Å². The van der Waals surface area contributed by atoms with Gasteiger partial charge in [0, 0.05) is 5.57 Å². The molecule has 0 radical (unpaired) electrons. The molecule has 0 N–H and O–H groups in total. The summed E-state index contributed by atoms with van der Waals surface area (Å²) >= 11 is 0. The SMILES string of the molecule is C=C(C)C(=O)OC1(C2CCCCC2)CCCCCC1. The summed E-state index contributed by atoms with van der Waals surface area (Å²) < 4.78 is 6.02. The molecule has 2 rings (SSSR count). The Balaban J connectivity index is 2.14. The van der Waals surface area contributed by atoms with Crippen molar-refractivity contribution in [3.63, 3.8) is 0 Å². The summed E-state index contributed by atoms with van der Waals surface area (Å²) in [4.78, 5) is 12.0. The van der Waals surface area contributed by atoms with E-state index >= 15 is 0 Å². The van der Waals surface area contributed by atoms with Gasteiger partial charge < -0.3 is 4.74 Å². The van der Waals surface area contributed by atoms with Crippen molar-refractivity contribution < 1.29 is 9.53 Å². The van der Waals surface area contributed by atoms with Crippen LogP contribution in [0.25, 0.3) is 0 Å². The molecule has 0 spiro atoms. The molecule has 108 valence electrons. The van der Waals surface area contributed by atoms with Gasteiger partial charge in [0.25, 0.3) is 0 Å². The van der Waals surface area contributed by atoms with E-state index in [1.807, 2.05) is 0 Å². The van der Waals surface area contributed by atoms with Gasteiger partial charge in [-0.15, -0.1) is 0 Å². The molecule has 0 heterocycles. The smallest absolute Gasteiger partial charge is 0.333 e. The molecule has 19 heavy (non-hydrogen) atoms. The van der Waals surface area contributed by atoms with Crippen molar-refractivity contribution >= 4 is 5.97 Å². The zero-order chi connectivity index (χ0) is 13.7. The largest absolute Gasteiger partial charge is 0.455 e. The third-order valence-electron chi connectivity index (χ3n) is 4.94. The van der Waals surface area contributed by atoms with Crippen LogP contribution in [0.3, 0.4) is 0 Å². The molecule has 0 unspecified atom stereocenters. The third kappa shape index (κ3) is 3.61. The van der Waals surface area contributed by atoms with Crippen LogP contribution < -0.4 is 0 Å². The topological polar surface area (TPSA) is 26.3 Å². The van der Waals surface area contributed by atoms with Gasteiger partial charge in [-0.25, -0.2) is 4.79 Å². The lowest BCUT2D eigenvalue weighted by Gasteiger charge is -2.42. The Bertz CT molecular complexity index is 318. The summed E-state index contributed by atoms with van der Waals surface area (Å²) in [6.07, 6.45) is 13.6. The number of carbonyl (C=O) groups is 1. The van der Waals surface area contributed by atoms with Crippen LogP contribution in [0.5, 0.6) is 0 Å². The van der Waals surface area contributed by atoms with Crippen LogP contribution in [0.15, 0.2) is 12.2 Å². The first-order valence-corrected chi connectivity index (χ1v) is 8.03. The fraction of sp³-hybridized carbons (Fsp3) is 0.824. The first kappa shape index (κ1) is 14.6. The molecule has 2 saturated carbocycles. The normalized spacial score (nSPS) is 24.5. The van der Waals surface area contributed by atoms with Crippen LogP contribution in [0.4, 0.5) is 0 Å². The van der Waals surface area contributed by atoms with Gasteiger partial charge in [0.1, 0.15) is 5.60 Å². The number of hydrogen-bond acceptors (Lipinski definition) is 2. The van der Waals surface area contributed by atoms with Crippen molar-refractivity contribution in [1.82, 2.24) is 0 Å². The van der Waals surface area contributed by atoms with Gasteiger partial charge in [-0.3, -0.25) is 0 Å². The second-order valence-corrected chi connectivity index (χ2v) is 6.48. The second-order valence-electron chi connectivity index (χ2n) is 6.48. The van der Waals surface area contributed by atoms with Crippen molar-refractivity contribution in [1.29, 1.82) is 0 Å². The maximum atomic E-state index is 12.0. The van der Waals surface area contributed by atoms with E-state index in [4.69, 9.17) is 4.74 Å². The van der Waals surface area contributed by atoms with E-state index in [9.17, 15) is 4.79 Å². The molecular formula is C17H28O2. The predicted molar refractivity (Wildman–Crippen MR) is 77.9 cm³/mol. The van der Waals surface area contributed by atoms with Crippen molar-refractivity contribution in [3.05, 3.63) is 12.2 Å².